The number of likely N-dealkylation sites (tertiary alicyclic amines) is 1. The minimum Gasteiger partial charge on any atom is -0.377 e. The van der Waals surface area contributed by atoms with Gasteiger partial charge in [-0.15, -0.1) is 0 Å². The van der Waals surface area contributed by atoms with Gasteiger partial charge in [-0.3, -0.25) is 24.2 Å². The summed E-state index contributed by atoms with van der Waals surface area (Å²) in [7, 11) is -4.03. The van der Waals surface area contributed by atoms with E-state index in [0.29, 0.717) is 62.4 Å². The van der Waals surface area contributed by atoms with Gasteiger partial charge in [0.05, 0.1) is 18.0 Å². The van der Waals surface area contributed by atoms with Crippen molar-refractivity contribution in [2.24, 2.45) is 10.9 Å². The number of aliphatic imine (C=N–C) groups is 1. The number of amidine groups is 1. The van der Waals surface area contributed by atoms with Gasteiger partial charge >= 0.3 is 0 Å². The average Bonchev–Trinajstić information content (AvgIpc) is 3.83. The van der Waals surface area contributed by atoms with Crippen LogP contribution < -0.4 is 4.72 Å². The minimum atomic E-state index is -4.03. The van der Waals surface area contributed by atoms with Crippen LogP contribution in [-0.2, 0) is 37.5 Å². The molecule has 12 heteroatoms. The van der Waals surface area contributed by atoms with Crippen LogP contribution in [-0.4, -0.2) is 66.3 Å². The molecule has 1 saturated heterocycles. The maximum atomic E-state index is 14.3. The second-order valence-corrected chi connectivity index (χ2v) is 15.5. The molecule has 268 valence electrons. The molecular formula is C38H49N5O6S. The zero-order chi connectivity index (χ0) is 35.5. The zero-order valence-electron chi connectivity index (χ0n) is 29.7. The third-order valence-electron chi connectivity index (χ3n) is 10.5. The Kier molecular flexibility index (Phi) is 10.8. The van der Waals surface area contributed by atoms with Gasteiger partial charge in [-0.2, -0.15) is 0 Å². The molecule has 6 rings (SSSR count). The fraction of sp³-hybridized carbons (Fsp3) is 0.526. The molecule has 1 spiro atoms. The van der Waals surface area contributed by atoms with Crippen LogP contribution in [0.3, 0.4) is 0 Å². The molecule has 2 aromatic carbocycles. The number of carbonyl (C=O) groups excluding carboxylic acids is 2. The number of amides is 2. The second-order valence-electron chi connectivity index (χ2n) is 13.8. The van der Waals surface area contributed by atoms with Gasteiger partial charge in [0.1, 0.15) is 17.1 Å². The van der Waals surface area contributed by atoms with Crippen molar-refractivity contribution < 1.29 is 27.3 Å². The van der Waals surface area contributed by atoms with Crippen LogP contribution >= 0.6 is 0 Å². The summed E-state index contributed by atoms with van der Waals surface area (Å²) in [6, 6.07) is 12.7. The molecule has 1 aromatic heterocycles. The lowest BCUT2D eigenvalue weighted by atomic mass is 9.87. The first-order chi connectivity index (χ1) is 24.1. The van der Waals surface area contributed by atoms with E-state index in [1.807, 2.05) is 41.0 Å². The van der Waals surface area contributed by atoms with Crippen molar-refractivity contribution in [2.45, 2.75) is 109 Å². The number of nitrogens with one attached hydrogen (secondary N) is 1. The van der Waals surface area contributed by atoms with Crippen LogP contribution in [0.15, 0.2) is 56.9 Å². The molecule has 3 aromatic rings. The predicted octanol–water partition coefficient (Wildman–Crippen LogP) is 6.78. The van der Waals surface area contributed by atoms with Crippen molar-refractivity contribution >= 4 is 33.5 Å². The Balaban J connectivity index is 1.26. The van der Waals surface area contributed by atoms with E-state index in [-0.39, 0.29) is 35.1 Å². The van der Waals surface area contributed by atoms with Crippen molar-refractivity contribution in [2.75, 3.05) is 24.4 Å². The standard InChI is InChI=1S/C38H49N5O6S/c1-5-7-16-34-39-38(19-21-42(22-20-38)36(44)29-12-8-9-13-29)37(45)43(34)24-28-17-18-31(30(23-28)25-48-6-2)32-14-10-11-15-33(32)50(46,47)41-35-26(3)27(4)49-40-35/h10-11,14-15,17-18,23,29H,5-9,12-13,16,19-22,24-25H2,1-4H3,(H,40,41). The number of aryl methyl sites for hydroxylation is 1. The van der Waals surface area contributed by atoms with Gasteiger partial charge in [0.15, 0.2) is 5.82 Å². The lowest BCUT2D eigenvalue weighted by Gasteiger charge is -2.37. The molecule has 2 aliphatic heterocycles. The SMILES string of the molecule is CCCCC1=NC2(CCN(C(=O)C3CCCC3)CC2)C(=O)N1Cc1ccc(-c2ccccc2S(=O)(=O)Nc2noc(C)c2C)c(COCC)c1. The van der Waals surface area contributed by atoms with Crippen molar-refractivity contribution in [1.29, 1.82) is 0 Å². The predicted molar refractivity (Wildman–Crippen MR) is 192 cm³/mol. The maximum absolute atomic E-state index is 14.3. The first-order valence-corrected chi connectivity index (χ1v) is 19.5. The lowest BCUT2D eigenvalue weighted by molar-refractivity contribution is -0.141. The van der Waals surface area contributed by atoms with Crippen molar-refractivity contribution in [3.8, 4) is 11.1 Å². The lowest BCUT2D eigenvalue weighted by Crippen LogP contribution is -2.52. The highest BCUT2D eigenvalue weighted by atomic mass is 32.2. The molecule has 0 bridgehead atoms. The van der Waals surface area contributed by atoms with E-state index in [9.17, 15) is 18.0 Å². The number of hydrogen-bond donors (Lipinski definition) is 1. The van der Waals surface area contributed by atoms with E-state index in [2.05, 4.69) is 16.8 Å². The first-order valence-electron chi connectivity index (χ1n) is 18.0. The summed E-state index contributed by atoms with van der Waals surface area (Å²) in [5, 5.41) is 3.89. The Morgan fingerprint density at radius 1 is 1.06 bits per heavy atom. The maximum Gasteiger partial charge on any atom is 0.263 e. The number of ether oxygens (including phenoxy) is 1. The van der Waals surface area contributed by atoms with Gasteiger partial charge in [-0.1, -0.05) is 67.7 Å². The molecular weight excluding hydrogens is 655 g/mol. The molecule has 2 amide bonds. The van der Waals surface area contributed by atoms with Crippen molar-refractivity contribution in [1.82, 2.24) is 15.0 Å². The third-order valence-corrected chi connectivity index (χ3v) is 11.9. The number of rotatable bonds is 13. The molecule has 0 atom stereocenters. The van der Waals surface area contributed by atoms with E-state index in [1.54, 1.807) is 32.0 Å². The molecule has 3 aliphatic rings. The summed E-state index contributed by atoms with van der Waals surface area (Å²) in [5.74, 6) is 1.88. The summed E-state index contributed by atoms with van der Waals surface area (Å²) in [4.78, 5) is 36.4. The summed E-state index contributed by atoms with van der Waals surface area (Å²) in [5.41, 5.74) is 2.76. The summed E-state index contributed by atoms with van der Waals surface area (Å²) < 4.78 is 41.1. The highest BCUT2D eigenvalue weighted by Gasteiger charge is 2.50. The van der Waals surface area contributed by atoms with Gasteiger partial charge in [0, 0.05) is 43.2 Å². The molecule has 0 radical (unpaired) electrons. The molecule has 0 unspecified atom stereocenters. The Hall–Kier alpha value is -4.03. The number of unbranched alkanes of at least 4 members (excludes halogenated alkanes) is 1. The van der Waals surface area contributed by atoms with Gasteiger partial charge in [-0.05, 0) is 75.6 Å². The molecule has 11 nitrogen and oxygen atoms in total. The van der Waals surface area contributed by atoms with Crippen LogP contribution in [0.1, 0.15) is 94.1 Å². The summed E-state index contributed by atoms with van der Waals surface area (Å²) in [6.45, 7) is 9.73. The number of piperidine rings is 1. The fourth-order valence-electron chi connectivity index (χ4n) is 7.41. The average molecular weight is 704 g/mol. The number of anilines is 1. The number of sulfonamides is 1. The summed E-state index contributed by atoms with van der Waals surface area (Å²) >= 11 is 0. The van der Waals surface area contributed by atoms with Crippen LogP contribution in [0, 0.1) is 19.8 Å². The second kappa shape index (κ2) is 15.1. The first kappa shape index (κ1) is 35.8. The van der Waals surface area contributed by atoms with Gasteiger partial charge in [-0.25, -0.2) is 8.42 Å². The van der Waals surface area contributed by atoms with Crippen LogP contribution in [0.25, 0.3) is 11.1 Å². The van der Waals surface area contributed by atoms with E-state index in [4.69, 9.17) is 14.3 Å². The quantitative estimate of drug-likeness (QED) is 0.208. The normalized spacial score (nSPS) is 17.9. The number of hydrogen-bond acceptors (Lipinski definition) is 8. The Morgan fingerprint density at radius 3 is 2.48 bits per heavy atom. The van der Waals surface area contributed by atoms with E-state index in [1.165, 1.54) is 0 Å². The molecule has 2 fully saturated rings. The monoisotopic (exact) mass is 703 g/mol. The van der Waals surface area contributed by atoms with Crippen LogP contribution in [0.4, 0.5) is 5.82 Å². The number of carbonyl (C=O) groups is 2. The van der Waals surface area contributed by atoms with Crippen molar-refractivity contribution in [3.05, 3.63) is 64.9 Å². The van der Waals surface area contributed by atoms with E-state index in [0.717, 1.165) is 61.1 Å². The smallest absolute Gasteiger partial charge is 0.263 e. The largest absolute Gasteiger partial charge is 0.377 e. The minimum absolute atomic E-state index is 0.00732. The van der Waals surface area contributed by atoms with Gasteiger partial charge < -0.3 is 14.2 Å². The summed E-state index contributed by atoms with van der Waals surface area (Å²) in [6.07, 6.45) is 7.87. The molecule has 3 heterocycles. The number of nitrogens with zero attached hydrogens (tertiary/aromatic N) is 4. The fourth-order valence-corrected chi connectivity index (χ4v) is 8.69. The van der Waals surface area contributed by atoms with E-state index < -0.39 is 15.6 Å². The Labute approximate surface area is 295 Å². The molecule has 1 N–H and O–H groups in total. The van der Waals surface area contributed by atoms with Crippen LogP contribution in [0.2, 0.25) is 0 Å². The van der Waals surface area contributed by atoms with E-state index >= 15 is 0 Å². The van der Waals surface area contributed by atoms with Gasteiger partial charge in [0.2, 0.25) is 5.91 Å². The Bertz CT molecular complexity index is 1850. The van der Waals surface area contributed by atoms with Gasteiger partial charge in [0.25, 0.3) is 15.9 Å². The van der Waals surface area contributed by atoms with Crippen molar-refractivity contribution in [3.63, 3.8) is 0 Å². The molecule has 1 saturated carbocycles. The topological polar surface area (TPSA) is 134 Å². The Morgan fingerprint density at radius 2 is 1.80 bits per heavy atom. The third kappa shape index (κ3) is 7.23. The van der Waals surface area contributed by atoms with Crippen LogP contribution in [0.5, 0.6) is 0 Å². The molecule has 50 heavy (non-hydrogen) atoms. The number of aromatic nitrogens is 1. The number of benzene rings is 2. The highest BCUT2D eigenvalue weighted by molar-refractivity contribution is 7.92. The zero-order valence-corrected chi connectivity index (χ0v) is 30.5. The highest BCUT2D eigenvalue weighted by Crippen LogP contribution is 2.38. The molecule has 1 aliphatic carbocycles.